The molecule has 108 valence electrons. The molecule has 1 saturated carbocycles. The van der Waals surface area contributed by atoms with Gasteiger partial charge in [-0.25, -0.2) is 8.78 Å². The van der Waals surface area contributed by atoms with Crippen LogP contribution in [0.15, 0.2) is 0 Å². The molecule has 4 fully saturated rings. The van der Waals surface area contributed by atoms with Gasteiger partial charge in [0.25, 0.3) is 5.92 Å². The zero-order valence-corrected chi connectivity index (χ0v) is 11.5. The van der Waals surface area contributed by atoms with Crippen molar-refractivity contribution in [1.29, 1.82) is 0 Å². The van der Waals surface area contributed by atoms with E-state index in [1.807, 2.05) is 0 Å². The molecule has 3 saturated heterocycles. The number of likely N-dealkylation sites (tertiary alicyclic amines) is 2. The lowest BCUT2D eigenvalue weighted by Crippen LogP contribution is -2.54. The van der Waals surface area contributed by atoms with E-state index in [2.05, 4.69) is 16.8 Å². The van der Waals surface area contributed by atoms with Crippen molar-refractivity contribution in [2.75, 3.05) is 53.0 Å². The summed E-state index contributed by atoms with van der Waals surface area (Å²) in [5, 5.41) is 0. The van der Waals surface area contributed by atoms with Crippen molar-refractivity contribution < 1.29 is 13.5 Å². The Kier molecular flexibility index (Phi) is 2.42. The number of alkyl halides is 2. The van der Waals surface area contributed by atoms with Crippen LogP contribution < -0.4 is 0 Å². The summed E-state index contributed by atoms with van der Waals surface area (Å²) >= 11 is 0. The molecule has 19 heavy (non-hydrogen) atoms. The highest BCUT2D eigenvalue weighted by Crippen LogP contribution is 2.65. The van der Waals surface area contributed by atoms with Crippen molar-refractivity contribution in [2.24, 2.45) is 16.7 Å². The molecule has 3 aliphatic heterocycles. The minimum atomic E-state index is -2.37. The molecule has 3 nitrogen and oxygen atoms in total. The normalized spacial score (nSPS) is 44.1. The largest absolute Gasteiger partial charge is 0.380 e. The third-order valence-corrected chi connectivity index (χ3v) is 5.89. The Bertz CT molecular complexity index is 397. The highest BCUT2D eigenvalue weighted by molar-refractivity contribution is 5.18. The smallest absolute Gasteiger partial charge is 0.257 e. The topological polar surface area (TPSA) is 15.7 Å². The first-order valence-electron chi connectivity index (χ1n) is 7.31. The van der Waals surface area contributed by atoms with E-state index in [0.717, 1.165) is 32.8 Å². The monoisotopic (exact) mass is 272 g/mol. The standard InChI is InChI=1S/C14H22F2N2O/c1-17-3-2-12(7-17)10-19-5-11(12)4-18-8-13(9-18)6-14(13,15)16/h11H,2-10H2,1H3. The Balaban J connectivity index is 1.36. The number of rotatable bonds is 2. The van der Waals surface area contributed by atoms with Crippen LogP contribution in [0.25, 0.3) is 0 Å². The van der Waals surface area contributed by atoms with Crippen LogP contribution in [0.5, 0.6) is 0 Å². The number of hydrogen-bond acceptors (Lipinski definition) is 3. The highest BCUT2D eigenvalue weighted by Gasteiger charge is 2.75. The fraction of sp³-hybridized carbons (Fsp3) is 1.00. The minimum absolute atomic E-state index is 0.117. The van der Waals surface area contributed by atoms with Gasteiger partial charge in [0.1, 0.15) is 0 Å². The molecule has 2 spiro atoms. The fourth-order valence-electron chi connectivity index (χ4n) is 4.48. The van der Waals surface area contributed by atoms with Crippen molar-refractivity contribution in [3.63, 3.8) is 0 Å². The fourth-order valence-corrected chi connectivity index (χ4v) is 4.48. The van der Waals surface area contributed by atoms with Gasteiger partial charge < -0.3 is 14.5 Å². The van der Waals surface area contributed by atoms with Gasteiger partial charge in [0.15, 0.2) is 0 Å². The molecule has 2 unspecified atom stereocenters. The van der Waals surface area contributed by atoms with Crippen LogP contribution in [-0.4, -0.2) is 68.7 Å². The van der Waals surface area contributed by atoms with Gasteiger partial charge in [-0.15, -0.1) is 0 Å². The molecule has 0 radical (unpaired) electrons. The van der Waals surface area contributed by atoms with Crippen molar-refractivity contribution in [3.05, 3.63) is 0 Å². The Morgan fingerprint density at radius 1 is 1.26 bits per heavy atom. The molecule has 4 rings (SSSR count). The SMILES string of the molecule is CN1CCC2(COCC2CN2CC3(C2)CC3(F)F)C1. The maximum absolute atomic E-state index is 13.2. The first-order chi connectivity index (χ1) is 8.95. The Morgan fingerprint density at radius 2 is 2.00 bits per heavy atom. The lowest BCUT2D eigenvalue weighted by molar-refractivity contribution is -0.0359. The Morgan fingerprint density at radius 3 is 2.58 bits per heavy atom. The lowest BCUT2D eigenvalue weighted by atomic mass is 9.76. The maximum Gasteiger partial charge on any atom is 0.257 e. The molecule has 0 aromatic rings. The number of ether oxygens (including phenoxy) is 1. The van der Waals surface area contributed by atoms with Gasteiger partial charge in [0.2, 0.25) is 0 Å². The van der Waals surface area contributed by atoms with Crippen LogP contribution >= 0.6 is 0 Å². The number of nitrogens with zero attached hydrogens (tertiary/aromatic N) is 2. The molecule has 0 aromatic carbocycles. The van der Waals surface area contributed by atoms with Gasteiger partial charge in [0.05, 0.1) is 18.6 Å². The van der Waals surface area contributed by atoms with Gasteiger partial charge in [-0.1, -0.05) is 0 Å². The van der Waals surface area contributed by atoms with Crippen LogP contribution in [-0.2, 0) is 4.74 Å². The molecule has 0 amide bonds. The van der Waals surface area contributed by atoms with E-state index in [9.17, 15) is 8.78 Å². The highest BCUT2D eigenvalue weighted by atomic mass is 19.3. The van der Waals surface area contributed by atoms with Gasteiger partial charge in [-0.3, -0.25) is 0 Å². The van der Waals surface area contributed by atoms with Crippen molar-refractivity contribution in [1.82, 2.24) is 9.80 Å². The third kappa shape index (κ3) is 1.71. The van der Waals surface area contributed by atoms with Crippen LogP contribution in [0.2, 0.25) is 0 Å². The lowest BCUT2D eigenvalue weighted by Gasteiger charge is -2.43. The average Bonchev–Trinajstić information content (AvgIpc) is 2.63. The number of hydrogen-bond donors (Lipinski definition) is 0. The van der Waals surface area contributed by atoms with E-state index in [4.69, 9.17) is 4.74 Å². The number of halogens is 2. The zero-order chi connectivity index (χ0) is 13.3. The average molecular weight is 272 g/mol. The van der Waals surface area contributed by atoms with Crippen molar-refractivity contribution >= 4 is 0 Å². The molecule has 0 N–H and O–H groups in total. The van der Waals surface area contributed by atoms with E-state index in [0.29, 0.717) is 24.4 Å². The van der Waals surface area contributed by atoms with E-state index >= 15 is 0 Å². The van der Waals surface area contributed by atoms with Gasteiger partial charge >= 0.3 is 0 Å². The van der Waals surface area contributed by atoms with Gasteiger partial charge in [-0.05, 0) is 20.0 Å². The van der Waals surface area contributed by atoms with Crippen LogP contribution in [0, 0.1) is 16.7 Å². The summed E-state index contributed by atoms with van der Waals surface area (Å²) in [6.45, 7) is 6.07. The van der Waals surface area contributed by atoms with Gasteiger partial charge in [-0.2, -0.15) is 0 Å². The molecular weight excluding hydrogens is 250 g/mol. The summed E-state index contributed by atoms with van der Waals surface area (Å²) in [7, 11) is 2.16. The molecule has 5 heteroatoms. The van der Waals surface area contributed by atoms with E-state index in [1.54, 1.807) is 0 Å². The summed E-state index contributed by atoms with van der Waals surface area (Å²) in [6, 6.07) is 0. The second-order valence-corrected chi connectivity index (χ2v) is 7.39. The summed E-state index contributed by atoms with van der Waals surface area (Å²) < 4.78 is 32.1. The second-order valence-electron chi connectivity index (χ2n) is 7.39. The Labute approximate surface area is 112 Å². The molecule has 0 bridgehead atoms. The molecule has 2 atom stereocenters. The molecule has 1 aliphatic carbocycles. The summed E-state index contributed by atoms with van der Waals surface area (Å²) in [5.74, 6) is -1.84. The Hall–Kier alpha value is -0.260. The summed E-state index contributed by atoms with van der Waals surface area (Å²) in [6.07, 6.45) is 1.31. The van der Waals surface area contributed by atoms with Crippen LogP contribution in [0.3, 0.4) is 0 Å². The predicted octanol–water partition coefficient (Wildman–Crippen LogP) is 1.30. The molecule has 0 aromatic heterocycles. The first kappa shape index (κ1) is 12.5. The molecule has 3 heterocycles. The predicted molar refractivity (Wildman–Crippen MR) is 67.3 cm³/mol. The summed E-state index contributed by atoms with van der Waals surface area (Å²) in [4.78, 5) is 4.59. The van der Waals surface area contributed by atoms with E-state index < -0.39 is 11.3 Å². The molecule has 4 aliphatic rings. The van der Waals surface area contributed by atoms with Crippen LogP contribution in [0.1, 0.15) is 12.8 Å². The third-order valence-electron chi connectivity index (χ3n) is 5.89. The van der Waals surface area contributed by atoms with Gasteiger partial charge in [0, 0.05) is 43.9 Å². The summed E-state index contributed by atoms with van der Waals surface area (Å²) in [5.41, 5.74) is -0.338. The zero-order valence-electron chi connectivity index (χ0n) is 11.5. The van der Waals surface area contributed by atoms with E-state index in [1.165, 1.54) is 6.42 Å². The second kappa shape index (κ2) is 3.68. The van der Waals surface area contributed by atoms with Crippen LogP contribution in [0.4, 0.5) is 8.78 Å². The minimum Gasteiger partial charge on any atom is -0.380 e. The van der Waals surface area contributed by atoms with Crippen molar-refractivity contribution in [2.45, 2.75) is 18.8 Å². The van der Waals surface area contributed by atoms with Crippen molar-refractivity contribution in [3.8, 4) is 0 Å². The quantitative estimate of drug-likeness (QED) is 0.753. The molecular formula is C14H22F2N2O. The van der Waals surface area contributed by atoms with E-state index in [-0.39, 0.29) is 6.42 Å². The maximum atomic E-state index is 13.2. The first-order valence-corrected chi connectivity index (χ1v) is 7.31.